The Morgan fingerprint density at radius 3 is 2.41 bits per heavy atom. The summed E-state index contributed by atoms with van der Waals surface area (Å²) in [5.74, 6) is -1.61. The first-order valence-electron chi connectivity index (χ1n) is 9.79. The molecule has 0 bridgehead atoms. The van der Waals surface area contributed by atoms with Crippen LogP contribution in [0.4, 0.5) is 0 Å². The average molecular weight is 432 g/mol. The number of phenolic OH excluding ortho intramolecular Hbond substituents is 1. The van der Waals surface area contributed by atoms with Crippen LogP contribution in [0.25, 0.3) is 0 Å². The molecular weight excluding hydrogens is 416 g/mol. The molecule has 1 atom stereocenters. The van der Waals surface area contributed by atoms with Crippen molar-refractivity contribution in [1.82, 2.24) is 0 Å². The summed E-state index contributed by atoms with van der Waals surface area (Å²) in [6.45, 7) is 0. The molecule has 2 aliphatic rings. The summed E-state index contributed by atoms with van der Waals surface area (Å²) in [4.78, 5) is 35.4. The monoisotopic (exact) mass is 432 g/mol. The van der Waals surface area contributed by atoms with Gasteiger partial charge in [-0.25, -0.2) is 4.79 Å². The number of fused-ring (bicyclic) bond motifs is 6. The molecule has 160 valence electrons. The lowest BCUT2D eigenvalue weighted by Crippen LogP contribution is -2.33. The molecule has 5 rings (SSSR count). The molecule has 3 aromatic carbocycles. The van der Waals surface area contributed by atoms with Crippen LogP contribution in [0.1, 0.15) is 39.9 Å². The summed E-state index contributed by atoms with van der Waals surface area (Å²) < 4.78 is 17.2. The molecule has 1 unspecified atom stereocenters. The highest BCUT2D eigenvalue weighted by Crippen LogP contribution is 2.56. The molecule has 0 saturated heterocycles. The fraction of sp³-hybridized carbons (Fsp3) is 0.125. The van der Waals surface area contributed by atoms with Gasteiger partial charge in [0.15, 0.2) is 5.60 Å². The van der Waals surface area contributed by atoms with E-state index in [2.05, 4.69) is 0 Å². The van der Waals surface area contributed by atoms with Crippen molar-refractivity contribution in [3.05, 3.63) is 82.9 Å². The maximum absolute atomic E-state index is 12.7. The zero-order valence-electron chi connectivity index (χ0n) is 16.5. The molecule has 2 N–H and O–H groups in total. The Bertz CT molecular complexity index is 1290. The van der Waals surface area contributed by atoms with E-state index in [4.69, 9.17) is 19.3 Å². The smallest absolute Gasteiger partial charge is 0.340 e. The third-order valence-corrected chi connectivity index (χ3v) is 5.44. The Kier molecular flexibility index (Phi) is 4.37. The Morgan fingerprint density at radius 1 is 0.906 bits per heavy atom. The molecule has 8 nitrogen and oxygen atoms in total. The van der Waals surface area contributed by atoms with Crippen molar-refractivity contribution >= 4 is 17.9 Å². The lowest BCUT2D eigenvalue weighted by atomic mass is 9.77. The number of hydrogen-bond donors (Lipinski definition) is 2. The van der Waals surface area contributed by atoms with Gasteiger partial charge in [0, 0.05) is 28.8 Å². The molecule has 0 saturated carbocycles. The predicted molar refractivity (Wildman–Crippen MR) is 109 cm³/mol. The van der Waals surface area contributed by atoms with Crippen LogP contribution in [-0.2, 0) is 19.9 Å². The van der Waals surface area contributed by atoms with E-state index in [1.807, 2.05) is 0 Å². The van der Waals surface area contributed by atoms with Crippen LogP contribution in [-0.4, -0.2) is 28.1 Å². The molecule has 0 amide bonds. The maximum atomic E-state index is 12.7. The van der Waals surface area contributed by atoms with E-state index in [-0.39, 0.29) is 35.8 Å². The summed E-state index contributed by atoms with van der Waals surface area (Å²) in [5.41, 5.74) is 0.832. The van der Waals surface area contributed by atoms with E-state index >= 15 is 0 Å². The summed E-state index contributed by atoms with van der Waals surface area (Å²) in [6, 6.07) is 16.2. The SMILES string of the molecule is O=C(O)CCC(=O)Oc1ccc2c(c1)Oc1cc(O)ccc1C21OC(=O)c2ccccc21. The highest BCUT2D eigenvalue weighted by molar-refractivity contribution is 5.97. The van der Waals surface area contributed by atoms with Crippen molar-refractivity contribution in [2.24, 2.45) is 0 Å². The number of hydrogen-bond acceptors (Lipinski definition) is 7. The van der Waals surface area contributed by atoms with Gasteiger partial charge in [-0.2, -0.15) is 0 Å². The molecule has 32 heavy (non-hydrogen) atoms. The van der Waals surface area contributed by atoms with Gasteiger partial charge in [-0.15, -0.1) is 0 Å². The zero-order valence-corrected chi connectivity index (χ0v) is 16.5. The Labute approximate surface area is 181 Å². The maximum Gasteiger partial charge on any atom is 0.340 e. The molecule has 0 aromatic heterocycles. The van der Waals surface area contributed by atoms with Crippen molar-refractivity contribution in [2.75, 3.05) is 0 Å². The molecule has 2 heterocycles. The third kappa shape index (κ3) is 2.96. The summed E-state index contributed by atoms with van der Waals surface area (Å²) in [5, 5.41) is 18.7. The van der Waals surface area contributed by atoms with Gasteiger partial charge in [-0.1, -0.05) is 18.2 Å². The number of aromatic hydroxyl groups is 1. The highest BCUT2D eigenvalue weighted by atomic mass is 16.6. The summed E-state index contributed by atoms with van der Waals surface area (Å²) in [6.07, 6.45) is -0.623. The lowest BCUT2D eigenvalue weighted by molar-refractivity contribution is -0.142. The first-order valence-corrected chi connectivity index (χ1v) is 9.79. The minimum Gasteiger partial charge on any atom is -0.508 e. The van der Waals surface area contributed by atoms with E-state index < -0.39 is 23.5 Å². The van der Waals surface area contributed by atoms with Crippen molar-refractivity contribution in [3.8, 4) is 23.0 Å². The lowest BCUT2D eigenvalue weighted by Gasteiger charge is -2.36. The highest BCUT2D eigenvalue weighted by Gasteiger charge is 2.53. The van der Waals surface area contributed by atoms with Gasteiger partial charge in [-0.05, 0) is 30.3 Å². The van der Waals surface area contributed by atoms with Crippen molar-refractivity contribution in [3.63, 3.8) is 0 Å². The molecule has 8 heteroatoms. The second-order valence-electron chi connectivity index (χ2n) is 7.42. The Hall–Kier alpha value is -4.33. The number of phenols is 1. The van der Waals surface area contributed by atoms with Crippen LogP contribution >= 0.6 is 0 Å². The van der Waals surface area contributed by atoms with Crippen LogP contribution in [0.15, 0.2) is 60.7 Å². The number of aliphatic carboxylic acids is 1. The zero-order chi connectivity index (χ0) is 22.5. The van der Waals surface area contributed by atoms with Gasteiger partial charge < -0.3 is 24.4 Å². The fourth-order valence-corrected chi connectivity index (χ4v) is 4.10. The van der Waals surface area contributed by atoms with Crippen molar-refractivity contribution < 1.29 is 38.8 Å². The standard InChI is InChI=1S/C24H16O8/c25-13-5-7-17-19(11-13)31-20-12-14(30-22(28)10-9-21(26)27)6-8-18(20)24(17)16-4-2-1-3-15(16)23(29)32-24/h1-8,11-12,25H,9-10H2,(H,26,27). The van der Waals surface area contributed by atoms with Crippen molar-refractivity contribution in [2.45, 2.75) is 18.4 Å². The van der Waals surface area contributed by atoms with Crippen LogP contribution in [0.2, 0.25) is 0 Å². The quantitative estimate of drug-likeness (QED) is 0.473. The Morgan fingerprint density at radius 2 is 1.62 bits per heavy atom. The molecule has 0 radical (unpaired) electrons. The number of esters is 2. The molecular formula is C24H16O8. The second kappa shape index (κ2) is 7.12. The van der Waals surface area contributed by atoms with E-state index in [9.17, 15) is 19.5 Å². The van der Waals surface area contributed by atoms with Gasteiger partial charge in [0.25, 0.3) is 0 Å². The first-order chi connectivity index (χ1) is 15.4. The fourth-order valence-electron chi connectivity index (χ4n) is 4.10. The van der Waals surface area contributed by atoms with Gasteiger partial charge in [0.2, 0.25) is 0 Å². The van der Waals surface area contributed by atoms with Gasteiger partial charge >= 0.3 is 17.9 Å². The van der Waals surface area contributed by atoms with Crippen LogP contribution in [0, 0.1) is 0 Å². The van der Waals surface area contributed by atoms with E-state index in [0.29, 0.717) is 22.3 Å². The normalized spacial score (nSPS) is 17.6. The van der Waals surface area contributed by atoms with Gasteiger partial charge in [0.05, 0.1) is 18.4 Å². The third-order valence-electron chi connectivity index (χ3n) is 5.44. The molecule has 2 aliphatic heterocycles. The first kappa shape index (κ1) is 19.6. The molecule has 1 spiro atoms. The number of benzene rings is 3. The summed E-state index contributed by atoms with van der Waals surface area (Å²) >= 11 is 0. The number of rotatable bonds is 4. The second-order valence-corrected chi connectivity index (χ2v) is 7.42. The summed E-state index contributed by atoms with van der Waals surface area (Å²) in [7, 11) is 0. The topological polar surface area (TPSA) is 119 Å². The number of carboxylic acid groups (broad SMARTS) is 1. The number of carbonyl (C=O) groups is 3. The molecule has 0 aliphatic carbocycles. The van der Waals surface area contributed by atoms with Gasteiger partial charge in [-0.3, -0.25) is 9.59 Å². The molecule has 3 aromatic rings. The van der Waals surface area contributed by atoms with E-state index in [1.54, 1.807) is 36.4 Å². The van der Waals surface area contributed by atoms with Crippen molar-refractivity contribution in [1.29, 1.82) is 0 Å². The number of carboxylic acids is 1. The van der Waals surface area contributed by atoms with Crippen LogP contribution in [0.5, 0.6) is 23.0 Å². The van der Waals surface area contributed by atoms with Crippen LogP contribution in [0.3, 0.4) is 0 Å². The minimum absolute atomic E-state index is 0.0313. The van der Waals surface area contributed by atoms with E-state index in [1.165, 1.54) is 24.3 Å². The predicted octanol–water partition coefficient (Wildman–Crippen LogP) is 3.73. The number of ether oxygens (including phenoxy) is 3. The minimum atomic E-state index is -1.30. The Balaban J connectivity index is 1.63. The molecule has 0 fully saturated rings. The largest absolute Gasteiger partial charge is 0.508 e. The van der Waals surface area contributed by atoms with E-state index in [0.717, 1.165) is 0 Å². The number of carbonyl (C=O) groups excluding carboxylic acids is 2. The van der Waals surface area contributed by atoms with Gasteiger partial charge in [0.1, 0.15) is 23.0 Å². The average Bonchev–Trinajstić information content (AvgIpc) is 3.05. The van der Waals surface area contributed by atoms with Crippen LogP contribution < -0.4 is 9.47 Å².